The molecule has 0 bridgehead atoms. The zero-order chi connectivity index (χ0) is 10.3. The van der Waals surface area contributed by atoms with Crippen LogP contribution in [0, 0.1) is 0 Å². The fourth-order valence-corrected chi connectivity index (χ4v) is 1.67. The summed E-state index contributed by atoms with van der Waals surface area (Å²) < 4.78 is 10.2. The number of rotatable bonds is 3. The van der Waals surface area contributed by atoms with E-state index in [1.165, 1.54) is 7.11 Å². The fourth-order valence-electron chi connectivity index (χ4n) is 1.67. The lowest BCUT2D eigenvalue weighted by molar-refractivity contribution is 0.397. The van der Waals surface area contributed by atoms with E-state index in [0.717, 1.165) is 17.5 Å². The van der Waals surface area contributed by atoms with Gasteiger partial charge in [-0.15, -0.1) is 0 Å². The molecule has 1 aliphatic rings. The molecule has 0 fully saturated rings. The van der Waals surface area contributed by atoms with Gasteiger partial charge in [0.15, 0.2) is 0 Å². The predicted molar refractivity (Wildman–Crippen MR) is 52.2 cm³/mol. The summed E-state index contributed by atoms with van der Waals surface area (Å²) in [7, 11) is 1.56. The van der Waals surface area contributed by atoms with Crippen LogP contribution in [0.3, 0.4) is 0 Å². The second-order valence-electron chi connectivity index (χ2n) is 3.21. The minimum Gasteiger partial charge on any atom is -0.497 e. The van der Waals surface area contributed by atoms with Gasteiger partial charge in [-0.3, -0.25) is 0 Å². The smallest absolute Gasteiger partial charge is 0.492 e. The Labute approximate surface area is 82.2 Å². The van der Waals surface area contributed by atoms with E-state index in [9.17, 15) is 0 Å². The topological polar surface area (TPSA) is 58.9 Å². The number of methoxy groups -OCH3 is 2. The Morgan fingerprint density at radius 1 is 1.21 bits per heavy atom. The first-order chi connectivity index (χ1) is 6.69. The van der Waals surface area contributed by atoms with Crippen LogP contribution >= 0.6 is 0 Å². The third-order valence-corrected chi connectivity index (χ3v) is 2.42. The number of ether oxygens (including phenoxy) is 2. The van der Waals surface area contributed by atoms with Crippen molar-refractivity contribution in [3.05, 3.63) is 17.2 Å². The highest BCUT2D eigenvalue weighted by Gasteiger charge is 2.32. The quantitative estimate of drug-likeness (QED) is 0.633. The maximum atomic E-state index is 9.12. The molecule has 0 aromatic heterocycles. The van der Waals surface area contributed by atoms with Crippen molar-refractivity contribution in [2.75, 3.05) is 14.2 Å². The van der Waals surface area contributed by atoms with Crippen LogP contribution in [-0.4, -0.2) is 31.4 Å². The van der Waals surface area contributed by atoms with E-state index in [1.54, 1.807) is 13.2 Å². The Morgan fingerprint density at radius 3 is 2.43 bits per heavy atom. The molecule has 2 rings (SSSR count). The second-order valence-corrected chi connectivity index (χ2v) is 3.21. The van der Waals surface area contributed by atoms with E-state index >= 15 is 0 Å². The van der Waals surface area contributed by atoms with Crippen molar-refractivity contribution >= 4 is 12.6 Å². The van der Waals surface area contributed by atoms with Gasteiger partial charge in [0.05, 0.1) is 14.2 Å². The number of benzene rings is 1. The Bertz CT molecular complexity index is 376. The van der Waals surface area contributed by atoms with Crippen molar-refractivity contribution in [2.24, 2.45) is 0 Å². The number of hydrogen-bond acceptors (Lipinski definition) is 4. The minimum atomic E-state index is -1.52. The van der Waals surface area contributed by atoms with Crippen LogP contribution in [0.2, 0.25) is 0 Å². The summed E-state index contributed by atoms with van der Waals surface area (Å²) in [5.74, 6) is 1.26. The molecular formula is C9H11BO4. The van der Waals surface area contributed by atoms with Crippen LogP contribution in [-0.2, 0) is 6.42 Å². The largest absolute Gasteiger partial charge is 0.497 e. The molecule has 0 saturated carbocycles. The predicted octanol–water partition coefficient (Wildman–Crippen LogP) is -0.712. The first kappa shape index (κ1) is 9.36. The SMILES string of the molecule is COc1cc(B(O)O)c(OC)c2c1C2. The highest BCUT2D eigenvalue weighted by molar-refractivity contribution is 6.60. The monoisotopic (exact) mass is 194 g/mol. The lowest BCUT2D eigenvalue weighted by Crippen LogP contribution is -2.31. The van der Waals surface area contributed by atoms with Gasteiger partial charge in [-0.05, 0) is 6.07 Å². The van der Waals surface area contributed by atoms with Gasteiger partial charge in [-0.1, -0.05) is 0 Å². The highest BCUT2D eigenvalue weighted by Crippen LogP contribution is 2.42. The van der Waals surface area contributed by atoms with Crippen molar-refractivity contribution in [3.8, 4) is 11.5 Å². The van der Waals surface area contributed by atoms with Gasteiger partial charge in [0.1, 0.15) is 11.5 Å². The van der Waals surface area contributed by atoms with Gasteiger partial charge in [-0.2, -0.15) is 0 Å². The van der Waals surface area contributed by atoms with Crippen molar-refractivity contribution in [1.29, 1.82) is 0 Å². The molecule has 4 nitrogen and oxygen atoms in total. The summed E-state index contributed by atoms with van der Waals surface area (Å²) in [4.78, 5) is 0. The first-order valence-corrected chi connectivity index (χ1v) is 4.31. The van der Waals surface area contributed by atoms with E-state index in [2.05, 4.69) is 0 Å². The lowest BCUT2D eigenvalue weighted by Gasteiger charge is -2.08. The average molecular weight is 194 g/mol. The molecule has 0 spiro atoms. The summed E-state index contributed by atoms with van der Waals surface area (Å²) >= 11 is 0. The van der Waals surface area contributed by atoms with Gasteiger partial charge < -0.3 is 19.5 Å². The van der Waals surface area contributed by atoms with E-state index < -0.39 is 7.12 Å². The Morgan fingerprint density at radius 2 is 1.93 bits per heavy atom. The second kappa shape index (κ2) is 3.18. The molecule has 0 radical (unpaired) electrons. The molecule has 14 heavy (non-hydrogen) atoms. The molecule has 2 N–H and O–H groups in total. The van der Waals surface area contributed by atoms with Crippen LogP contribution in [0.1, 0.15) is 11.1 Å². The number of fused-ring (bicyclic) bond motifs is 1. The molecule has 0 aliphatic heterocycles. The molecule has 0 unspecified atom stereocenters. The Hall–Kier alpha value is -1.20. The molecule has 0 heterocycles. The normalized spacial score (nSPS) is 12.0. The zero-order valence-corrected chi connectivity index (χ0v) is 8.07. The van der Waals surface area contributed by atoms with E-state index in [-0.39, 0.29) is 0 Å². The lowest BCUT2D eigenvalue weighted by atomic mass is 9.79. The first-order valence-electron chi connectivity index (χ1n) is 4.31. The van der Waals surface area contributed by atoms with Crippen LogP contribution in [0.25, 0.3) is 0 Å². The van der Waals surface area contributed by atoms with Crippen molar-refractivity contribution in [3.63, 3.8) is 0 Å². The van der Waals surface area contributed by atoms with Gasteiger partial charge in [0.2, 0.25) is 0 Å². The molecule has 0 amide bonds. The molecule has 1 aromatic rings. The summed E-state index contributed by atoms with van der Waals surface area (Å²) in [6.45, 7) is 0. The van der Waals surface area contributed by atoms with Crippen LogP contribution in [0.4, 0.5) is 0 Å². The van der Waals surface area contributed by atoms with Crippen LogP contribution in [0.5, 0.6) is 11.5 Å². The summed E-state index contributed by atoms with van der Waals surface area (Å²) in [5, 5.41) is 18.2. The van der Waals surface area contributed by atoms with Gasteiger partial charge in [-0.25, -0.2) is 0 Å². The van der Waals surface area contributed by atoms with Gasteiger partial charge in [0.25, 0.3) is 0 Å². The molecule has 0 saturated heterocycles. The van der Waals surface area contributed by atoms with Crippen molar-refractivity contribution < 1.29 is 19.5 Å². The van der Waals surface area contributed by atoms with Crippen molar-refractivity contribution in [1.82, 2.24) is 0 Å². The minimum absolute atomic E-state index is 0.362. The van der Waals surface area contributed by atoms with Gasteiger partial charge >= 0.3 is 7.12 Å². The van der Waals surface area contributed by atoms with E-state index in [4.69, 9.17) is 19.5 Å². The third-order valence-electron chi connectivity index (χ3n) is 2.42. The maximum Gasteiger partial charge on any atom is 0.492 e. The Balaban J connectivity index is 2.53. The fraction of sp³-hybridized carbons (Fsp3) is 0.333. The van der Waals surface area contributed by atoms with Crippen molar-refractivity contribution in [2.45, 2.75) is 6.42 Å². The summed E-state index contributed by atoms with van der Waals surface area (Å²) in [5.41, 5.74) is 2.46. The molecule has 0 atom stereocenters. The van der Waals surface area contributed by atoms with Crippen LogP contribution in [0.15, 0.2) is 6.07 Å². The molecule has 5 heteroatoms. The van der Waals surface area contributed by atoms with Crippen LogP contribution < -0.4 is 14.9 Å². The Kier molecular flexibility index (Phi) is 2.13. The van der Waals surface area contributed by atoms with E-state index in [1.807, 2.05) is 0 Å². The zero-order valence-electron chi connectivity index (χ0n) is 8.07. The maximum absolute atomic E-state index is 9.12. The summed E-state index contributed by atoms with van der Waals surface area (Å²) in [6.07, 6.45) is 0.805. The third kappa shape index (κ3) is 1.25. The number of hydrogen-bond donors (Lipinski definition) is 2. The molecular weight excluding hydrogens is 183 g/mol. The molecule has 1 aromatic carbocycles. The standard InChI is InChI=1S/C9H11BO4/c1-13-8-4-7(10(11)12)9(14-2)6-3-5(6)8/h4,11-12H,3H2,1-2H3. The summed E-state index contributed by atoms with van der Waals surface area (Å²) in [6, 6.07) is 1.61. The molecule has 74 valence electrons. The highest BCUT2D eigenvalue weighted by atomic mass is 16.5. The molecule has 1 aliphatic carbocycles. The van der Waals surface area contributed by atoms with Gasteiger partial charge in [0, 0.05) is 23.0 Å². The van der Waals surface area contributed by atoms with E-state index in [0.29, 0.717) is 17.0 Å². The average Bonchev–Trinajstić information content (AvgIpc) is 2.94.